The third-order valence-electron chi connectivity index (χ3n) is 6.43. The monoisotopic (exact) mass is 376 g/mol. The van der Waals surface area contributed by atoms with Crippen LogP contribution in [0.2, 0.25) is 0 Å². The summed E-state index contributed by atoms with van der Waals surface area (Å²) in [5, 5.41) is 11.9. The van der Waals surface area contributed by atoms with Gasteiger partial charge in [-0.1, -0.05) is 13.3 Å². The molecule has 27 heavy (non-hydrogen) atoms. The number of fused-ring (bicyclic) bond motifs is 4. The summed E-state index contributed by atoms with van der Waals surface area (Å²) in [6.45, 7) is 4.17. The minimum Gasteiger partial charge on any atom is -0.497 e. The summed E-state index contributed by atoms with van der Waals surface area (Å²) in [5.74, 6) is 1.91. The van der Waals surface area contributed by atoms with Crippen molar-refractivity contribution in [2.45, 2.75) is 44.8 Å². The number of benzene rings is 1. The highest BCUT2D eigenvalue weighted by Gasteiger charge is 2.42. The Kier molecular flexibility index (Phi) is 5.03. The average Bonchev–Trinajstić information content (AvgIpc) is 2.71. The van der Waals surface area contributed by atoms with Crippen molar-refractivity contribution in [3.8, 4) is 5.75 Å². The molecule has 4 heterocycles. The van der Waals surface area contributed by atoms with Crippen LogP contribution in [0.15, 0.2) is 24.3 Å². The summed E-state index contributed by atoms with van der Waals surface area (Å²) in [5.41, 5.74) is 0.703. The normalized spacial score (nSPS) is 28.7. The summed E-state index contributed by atoms with van der Waals surface area (Å²) in [4.78, 5) is 6.42. The number of methoxy groups -OCH3 is 1. The maximum atomic E-state index is 13.4. The number of ether oxygens (including phenoxy) is 1. The number of pyridine rings is 1. The van der Waals surface area contributed by atoms with E-state index in [1.54, 1.807) is 25.3 Å². The number of piperidine rings is 3. The SMILES string of the molecule is CCC1CN2CCC1CC2[C@H](O)c1cc(C(F)F)nc2ccc(OC)cc12. The molecule has 1 aromatic carbocycles. The highest BCUT2D eigenvalue weighted by Crippen LogP contribution is 2.43. The van der Waals surface area contributed by atoms with Crippen LogP contribution in [0.3, 0.4) is 0 Å². The molecular formula is C21H26F2N2O2. The molecule has 3 saturated heterocycles. The third kappa shape index (κ3) is 3.29. The van der Waals surface area contributed by atoms with Crippen LogP contribution in [0.5, 0.6) is 5.75 Å². The van der Waals surface area contributed by atoms with Crippen LogP contribution < -0.4 is 4.74 Å². The molecule has 3 aliphatic heterocycles. The molecule has 0 spiro atoms. The molecule has 2 bridgehead atoms. The van der Waals surface area contributed by atoms with Gasteiger partial charge in [0.25, 0.3) is 6.43 Å². The van der Waals surface area contributed by atoms with E-state index in [0.29, 0.717) is 34.1 Å². The van der Waals surface area contributed by atoms with E-state index in [-0.39, 0.29) is 11.7 Å². The molecule has 0 radical (unpaired) electrons. The number of aromatic nitrogens is 1. The van der Waals surface area contributed by atoms with Gasteiger partial charge < -0.3 is 9.84 Å². The number of halogens is 2. The quantitative estimate of drug-likeness (QED) is 0.843. The maximum Gasteiger partial charge on any atom is 0.280 e. The molecule has 0 aliphatic carbocycles. The van der Waals surface area contributed by atoms with Gasteiger partial charge >= 0.3 is 0 Å². The van der Waals surface area contributed by atoms with Crippen LogP contribution >= 0.6 is 0 Å². The van der Waals surface area contributed by atoms with Crippen LogP contribution in [-0.4, -0.2) is 41.2 Å². The lowest BCUT2D eigenvalue weighted by molar-refractivity contribution is -0.0562. The Morgan fingerprint density at radius 1 is 1.33 bits per heavy atom. The third-order valence-corrected chi connectivity index (χ3v) is 6.43. The van der Waals surface area contributed by atoms with E-state index < -0.39 is 12.5 Å². The molecule has 146 valence electrons. The van der Waals surface area contributed by atoms with Crippen molar-refractivity contribution >= 4 is 10.9 Å². The van der Waals surface area contributed by atoms with Gasteiger partial charge in [0.1, 0.15) is 11.4 Å². The molecule has 3 fully saturated rings. The minimum absolute atomic E-state index is 0.0335. The summed E-state index contributed by atoms with van der Waals surface area (Å²) >= 11 is 0. The smallest absolute Gasteiger partial charge is 0.280 e. The number of rotatable bonds is 5. The lowest BCUT2D eigenvalue weighted by Crippen LogP contribution is -2.55. The van der Waals surface area contributed by atoms with Crippen LogP contribution in [0.25, 0.3) is 10.9 Å². The molecule has 1 aromatic heterocycles. The zero-order chi connectivity index (χ0) is 19.1. The Labute approximate surface area is 158 Å². The molecule has 6 heteroatoms. The van der Waals surface area contributed by atoms with Crippen LogP contribution in [0.4, 0.5) is 8.78 Å². The van der Waals surface area contributed by atoms with Gasteiger partial charge in [-0.15, -0.1) is 0 Å². The predicted octanol–water partition coefficient (Wildman–Crippen LogP) is 4.33. The van der Waals surface area contributed by atoms with Crippen molar-refractivity contribution in [1.82, 2.24) is 9.88 Å². The second-order valence-electron chi connectivity index (χ2n) is 7.78. The Hall–Kier alpha value is -1.79. The molecule has 0 amide bonds. The fraction of sp³-hybridized carbons (Fsp3) is 0.571. The van der Waals surface area contributed by atoms with Gasteiger partial charge in [-0.3, -0.25) is 4.90 Å². The molecule has 1 N–H and O–H groups in total. The van der Waals surface area contributed by atoms with Gasteiger partial charge in [0.15, 0.2) is 0 Å². The van der Waals surface area contributed by atoms with Crippen molar-refractivity contribution < 1.29 is 18.6 Å². The second kappa shape index (κ2) is 7.32. The average molecular weight is 376 g/mol. The topological polar surface area (TPSA) is 45.6 Å². The molecule has 4 nitrogen and oxygen atoms in total. The highest BCUT2D eigenvalue weighted by molar-refractivity contribution is 5.84. The highest BCUT2D eigenvalue weighted by atomic mass is 19.3. The standard InChI is InChI=1S/C21H26F2N2O2/c1-3-12-11-25-7-6-13(12)8-19(25)20(26)16-10-18(21(22)23)24-17-5-4-14(27-2)9-15(16)17/h4-5,9-10,12-13,19-21,26H,3,6-8,11H2,1-2H3/t12?,13?,19?,20-/m1/s1. The number of aliphatic hydroxyl groups excluding tert-OH is 1. The van der Waals surface area contributed by atoms with E-state index >= 15 is 0 Å². The van der Waals surface area contributed by atoms with Crippen LogP contribution in [-0.2, 0) is 0 Å². The van der Waals surface area contributed by atoms with E-state index in [1.807, 2.05) is 0 Å². The number of hydrogen-bond donors (Lipinski definition) is 1. The molecule has 0 saturated carbocycles. The van der Waals surface area contributed by atoms with Crippen molar-refractivity contribution in [3.05, 3.63) is 35.5 Å². The Morgan fingerprint density at radius 2 is 2.15 bits per heavy atom. The number of aliphatic hydroxyl groups is 1. The molecule has 4 unspecified atom stereocenters. The maximum absolute atomic E-state index is 13.4. The molecule has 5 rings (SSSR count). The molecule has 2 aromatic rings. The van der Waals surface area contributed by atoms with Gasteiger partial charge in [0.2, 0.25) is 0 Å². The fourth-order valence-corrected chi connectivity index (χ4v) is 4.91. The largest absolute Gasteiger partial charge is 0.497 e. The number of nitrogens with zero attached hydrogens (tertiary/aromatic N) is 2. The molecule has 3 aliphatic rings. The number of alkyl halides is 2. The first-order chi connectivity index (χ1) is 13.0. The van der Waals surface area contributed by atoms with Crippen LogP contribution in [0.1, 0.15) is 50.0 Å². The summed E-state index contributed by atoms with van der Waals surface area (Å²) < 4.78 is 32.1. The zero-order valence-corrected chi connectivity index (χ0v) is 15.7. The Balaban J connectivity index is 1.75. The minimum atomic E-state index is -2.67. The van der Waals surface area contributed by atoms with E-state index in [2.05, 4.69) is 16.8 Å². The fourth-order valence-electron chi connectivity index (χ4n) is 4.91. The van der Waals surface area contributed by atoms with Crippen molar-refractivity contribution in [3.63, 3.8) is 0 Å². The number of hydrogen-bond acceptors (Lipinski definition) is 4. The van der Waals surface area contributed by atoms with Gasteiger partial charge in [0, 0.05) is 18.0 Å². The van der Waals surface area contributed by atoms with E-state index in [1.165, 1.54) is 6.07 Å². The summed E-state index contributed by atoms with van der Waals surface area (Å²) in [7, 11) is 1.56. The Bertz CT molecular complexity index is 829. The van der Waals surface area contributed by atoms with Crippen molar-refractivity contribution in [2.24, 2.45) is 11.8 Å². The molecular weight excluding hydrogens is 350 g/mol. The molecule has 5 atom stereocenters. The Morgan fingerprint density at radius 3 is 2.78 bits per heavy atom. The summed E-state index contributed by atoms with van der Waals surface area (Å²) in [6.07, 6.45) is -0.267. The van der Waals surface area contributed by atoms with Crippen molar-refractivity contribution in [1.29, 1.82) is 0 Å². The van der Waals surface area contributed by atoms with Gasteiger partial charge in [-0.2, -0.15) is 0 Å². The predicted molar refractivity (Wildman–Crippen MR) is 100 cm³/mol. The van der Waals surface area contributed by atoms with E-state index in [9.17, 15) is 13.9 Å². The van der Waals surface area contributed by atoms with Crippen LogP contribution in [0, 0.1) is 11.8 Å². The lowest BCUT2D eigenvalue weighted by Gasteiger charge is -2.51. The summed E-state index contributed by atoms with van der Waals surface area (Å²) in [6, 6.07) is 6.50. The van der Waals surface area contributed by atoms with E-state index in [0.717, 1.165) is 32.4 Å². The zero-order valence-electron chi connectivity index (χ0n) is 15.7. The van der Waals surface area contributed by atoms with Gasteiger partial charge in [0.05, 0.1) is 18.7 Å². The lowest BCUT2D eigenvalue weighted by atomic mass is 9.72. The first-order valence-electron chi connectivity index (χ1n) is 9.70. The van der Waals surface area contributed by atoms with Crippen molar-refractivity contribution in [2.75, 3.05) is 20.2 Å². The van der Waals surface area contributed by atoms with Gasteiger partial charge in [-0.05, 0) is 61.1 Å². The van der Waals surface area contributed by atoms with E-state index in [4.69, 9.17) is 4.74 Å². The second-order valence-corrected chi connectivity index (χ2v) is 7.78. The van der Waals surface area contributed by atoms with Gasteiger partial charge in [-0.25, -0.2) is 13.8 Å². The first-order valence-corrected chi connectivity index (χ1v) is 9.70. The first kappa shape index (κ1) is 18.6.